The van der Waals surface area contributed by atoms with Gasteiger partial charge in [-0.15, -0.1) is 0 Å². The van der Waals surface area contributed by atoms with Gasteiger partial charge in [-0.25, -0.2) is 8.42 Å². The molecule has 2 aliphatic rings. The van der Waals surface area contributed by atoms with Crippen LogP contribution in [0.1, 0.15) is 76.2 Å². The predicted molar refractivity (Wildman–Crippen MR) is 102 cm³/mol. The van der Waals surface area contributed by atoms with Gasteiger partial charge in [0.1, 0.15) is 0 Å². The molecule has 5 heteroatoms. The Morgan fingerprint density at radius 1 is 1.04 bits per heavy atom. The second-order valence-electron chi connectivity index (χ2n) is 7.71. The zero-order valence-electron chi connectivity index (χ0n) is 15.7. The maximum atomic E-state index is 12.7. The maximum absolute atomic E-state index is 12.7. The van der Waals surface area contributed by atoms with Crippen LogP contribution in [0.3, 0.4) is 0 Å². The highest BCUT2D eigenvalue weighted by atomic mass is 32.2. The zero-order chi connectivity index (χ0) is 18.6. The summed E-state index contributed by atoms with van der Waals surface area (Å²) in [5.41, 5.74) is 0.876. The monoisotopic (exact) mass is 378 g/mol. The lowest BCUT2D eigenvalue weighted by molar-refractivity contribution is -0.145. The number of hydrogen-bond acceptors (Lipinski definition) is 4. The number of benzene rings is 1. The van der Waals surface area contributed by atoms with Gasteiger partial charge in [0.05, 0.1) is 22.7 Å². The van der Waals surface area contributed by atoms with Crippen LogP contribution in [0.15, 0.2) is 29.2 Å². The quantitative estimate of drug-likeness (QED) is 0.649. The van der Waals surface area contributed by atoms with Crippen LogP contribution in [0.25, 0.3) is 0 Å². The fourth-order valence-corrected chi connectivity index (χ4v) is 6.33. The smallest absolute Gasteiger partial charge is 0.313 e. The molecule has 0 heterocycles. The Hall–Kier alpha value is -1.36. The predicted octanol–water partition coefficient (Wildman–Crippen LogP) is 4.63. The summed E-state index contributed by atoms with van der Waals surface area (Å²) in [7, 11) is -3.25. The normalized spacial score (nSPS) is 20.3. The van der Waals surface area contributed by atoms with E-state index in [-0.39, 0.29) is 17.1 Å². The minimum atomic E-state index is -3.25. The molecule has 0 spiro atoms. The fourth-order valence-electron chi connectivity index (χ4n) is 4.47. The van der Waals surface area contributed by atoms with Crippen LogP contribution >= 0.6 is 0 Å². The van der Waals surface area contributed by atoms with E-state index in [9.17, 15) is 13.2 Å². The van der Waals surface area contributed by atoms with Crippen LogP contribution in [0, 0.1) is 5.92 Å². The van der Waals surface area contributed by atoms with Gasteiger partial charge in [0.2, 0.25) is 0 Å². The number of ether oxygens (including phenoxy) is 1. The molecule has 0 amide bonds. The second-order valence-corrected chi connectivity index (χ2v) is 9.94. The maximum Gasteiger partial charge on any atom is 0.313 e. The largest absolute Gasteiger partial charge is 0.466 e. The standard InChI is InChI=1S/C21H30O4S/c1-2-25-21(22)20(15-16-7-3-4-8-16)17-11-13-19(14-12-17)26(23,24)18-9-5-6-10-18/h11-14,16,18,20H,2-10,15H2,1H3. The van der Waals surface area contributed by atoms with Gasteiger partial charge in [0, 0.05) is 0 Å². The summed E-state index contributed by atoms with van der Waals surface area (Å²) in [6.45, 7) is 2.19. The van der Waals surface area contributed by atoms with Gasteiger partial charge in [0.25, 0.3) is 0 Å². The van der Waals surface area contributed by atoms with Crippen molar-refractivity contribution in [2.75, 3.05) is 6.61 Å². The van der Waals surface area contributed by atoms with Crippen LogP contribution in [0.4, 0.5) is 0 Å². The number of rotatable bonds is 7. The van der Waals surface area contributed by atoms with Gasteiger partial charge in [-0.05, 0) is 49.8 Å². The highest BCUT2D eigenvalue weighted by Crippen LogP contribution is 2.36. The first-order valence-electron chi connectivity index (χ1n) is 10.0. The molecule has 0 aliphatic heterocycles. The van der Waals surface area contributed by atoms with E-state index in [0.717, 1.165) is 37.7 Å². The molecule has 0 bridgehead atoms. The SMILES string of the molecule is CCOC(=O)C(CC1CCCC1)c1ccc(S(=O)(=O)C2CCCC2)cc1. The van der Waals surface area contributed by atoms with E-state index in [2.05, 4.69) is 0 Å². The third-order valence-corrected chi connectivity index (χ3v) is 8.25. The van der Waals surface area contributed by atoms with E-state index in [1.807, 2.05) is 19.1 Å². The lowest BCUT2D eigenvalue weighted by atomic mass is 9.88. The van der Waals surface area contributed by atoms with Gasteiger partial charge in [-0.3, -0.25) is 4.79 Å². The van der Waals surface area contributed by atoms with Crippen molar-refractivity contribution >= 4 is 15.8 Å². The minimum absolute atomic E-state index is 0.189. The van der Waals surface area contributed by atoms with Gasteiger partial charge in [-0.1, -0.05) is 50.7 Å². The van der Waals surface area contributed by atoms with Crippen LogP contribution in [-0.4, -0.2) is 26.2 Å². The van der Waals surface area contributed by atoms with Crippen molar-refractivity contribution in [1.29, 1.82) is 0 Å². The van der Waals surface area contributed by atoms with Crippen LogP contribution in [-0.2, 0) is 19.4 Å². The summed E-state index contributed by atoms with van der Waals surface area (Å²) < 4.78 is 30.8. The summed E-state index contributed by atoms with van der Waals surface area (Å²) in [6.07, 6.45) is 9.12. The lowest BCUT2D eigenvalue weighted by Gasteiger charge is -2.20. The van der Waals surface area contributed by atoms with E-state index >= 15 is 0 Å². The molecule has 1 unspecified atom stereocenters. The molecular formula is C21H30O4S. The Morgan fingerprint density at radius 2 is 1.62 bits per heavy atom. The van der Waals surface area contributed by atoms with E-state index in [1.54, 1.807) is 12.1 Å². The van der Waals surface area contributed by atoms with Crippen LogP contribution < -0.4 is 0 Å². The number of esters is 1. The molecule has 0 aromatic heterocycles. The highest BCUT2D eigenvalue weighted by Gasteiger charge is 2.31. The van der Waals surface area contributed by atoms with E-state index < -0.39 is 9.84 Å². The molecule has 0 saturated heterocycles. The summed E-state index contributed by atoms with van der Waals surface area (Å²) in [6, 6.07) is 7.00. The molecule has 1 atom stereocenters. The Balaban J connectivity index is 1.79. The second kappa shape index (κ2) is 8.55. The van der Waals surface area contributed by atoms with Crippen molar-refractivity contribution in [3.63, 3.8) is 0 Å². The Labute approximate surface area is 157 Å². The Bertz CT molecular complexity index is 696. The molecule has 4 nitrogen and oxygen atoms in total. The van der Waals surface area contributed by atoms with Gasteiger partial charge < -0.3 is 4.74 Å². The van der Waals surface area contributed by atoms with Gasteiger partial charge >= 0.3 is 5.97 Å². The molecule has 2 aliphatic carbocycles. The third kappa shape index (κ3) is 4.30. The van der Waals surface area contributed by atoms with Crippen molar-refractivity contribution in [1.82, 2.24) is 0 Å². The number of carbonyl (C=O) groups excluding carboxylic acids is 1. The summed E-state index contributed by atoms with van der Waals surface area (Å²) in [5.74, 6) is 0.0818. The summed E-state index contributed by atoms with van der Waals surface area (Å²) >= 11 is 0. The summed E-state index contributed by atoms with van der Waals surface area (Å²) in [4.78, 5) is 12.9. The molecule has 2 saturated carbocycles. The number of carbonyl (C=O) groups is 1. The molecule has 1 aromatic carbocycles. The van der Waals surface area contributed by atoms with Crippen molar-refractivity contribution in [3.05, 3.63) is 29.8 Å². The lowest BCUT2D eigenvalue weighted by Crippen LogP contribution is -2.20. The molecule has 1 aromatic rings. The van der Waals surface area contributed by atoms with E-state index in [4.69, 9.17) is 4.74 Å². The van der Waals surface area contributed by atoms with Gasteiger partial charge in [-0.2, -0.15) is 0 Å². The number of sulfone groups is 1. The molecule has 0 N–H and O–H groups in total. The molecule has 0 radical (unpaired) electrons. The first-order valence-corrected chi connectivity index (χ1v) is 11.6. The van der Waals surface area contributed by atoms with Crippen molar-refractivity contribution in [3.8, 4) is 0 Å². The van der Waals surface area contributed by atoms with Crippen LogP contribution in [0.5, 0.6) is 0 Å². The average molecular weight is 379 g/mol. The zero-order valence-corrected chi connectivity index (χ0v) is 16.5. The molecule has 3 rings (SSSR count). The van der Waals surface area contributed by atoms with Crippen molar-refractivity contribution in [2.24, 2.45) is 5.92 Å². The number of hydrogen-bond donors (Lipinski definition) is 0. The Morgan fingerprint density at radius 3 is 2.19 bits per heavy atom. The van der Waals surface area contributed by atoms with Crippen LogP contribution in [0.2, 0.25) is 0 Å². The molecule has 144 valence electrons. The molecular weight excluding hydrogens is 348 g/mol. The average Bonchev–Trinajstić information content (AvgIpc) is 3.34. The van der Waals surface area contributed by atoms with E-state index in [0.29, 0.717) is 17.4 Å². The Kier molecular flexibility index (Phi) is 6.38. The van der Waals surface area contributed by atoms with E-state index in [1.165, 1.54) is 25.7 Å². The first-order chi connectivity index (χ1) is 12.5. The van der Waals surface area contributed by atoms with Gasteiger partial charge in [0.15, 0.2) is 9.84 Å². The highest BCUT2D eigenvalue weighted by molar-refractivity contribution is 7.92. The minimum Gasteiger partial charge on any atom is -0.466 e. The summed E-state index contributed by atoms with van der Waals surface area (Å²) in [5, 5.41) is -0.243. The fraction of sp³-hybridized carbons (Fsp3) is 0.667. The topological polar surface area (TPSA) is 60.4 Å². The third-order valence-electron chi connectivity index (χ3n) is 5.97. The van der Waals surface area contributed by atoms with Crippen molar-refractivity contribution in [2.45, 2.75) is 80.8 Å². The van der Waals surface area contributed by atoms with Crippen molar-refractivity contribution < 1.29 is 17.9 Å². The first kappa shape index (κ1) is 19.4. The molecule has 2 fully saturated rings. The molecule has 26 heavy (non-hydrogen) atoms.